The third-order valence-corrected chi connectivity index (χ3v) is 1.67. The highest BCUT2D eigenvalue weighted by Gasteiger charge is 2.02. The van der Waals surface area contributed by atoms with E-state index in [0.29, 0.717) is 11.4 Å². The lowest BCUT2D eigenvalue weighted by Gasteiger charge is -2.04. The number of halogens is 2. The summed E-state index contributed by atoms with van der Waals surface area (Å²) in [6.45, 7) is 1.65. The second-order valence-electron chi connectivity index (χ2n) is 2.83. The summed E-state index contributed by atoms with van der Waals surface area (Å²) in [5, 5.41) is 9.39. The van der Waals surface area contributed by atoms with Gasteiger partial charge in [-0.15, -0.1) is 0 Å². The van der Waals surface area contributed by atoms with Gasteiger partial charge in [0, 0.05) is 5.02 Å². The maximum atomic E-state index is 12.7. The molecule has 0 saturated heterocycles. The summed E-state index contributed by atoms with van der Waals surface area (Å²) in [6.07, 6.45) is -0.0415. The van der Waals surface area contributed by atoms with Gasteiger partial charge in [0.1, 0.15) is 5.82 Å². The van der Waals surface area contributed by atoms with Crippen molar-refractivity contribution in [1.29, 1.82) is 0 Å². The van der Waals surface area contributed by atoms with Crippen molar-refractivity contribution < 1.29 is 9.50 Å². The molecule has 1 N–H and O–H groups in total. The van der Waals surface area contributed by atoms with Crippen molar-refractivity contribution in [2.75, 3.05) is 0 Å². The Balaban J connectivity index is 2.85. The topological polar surface area (TPSA) is 20.2 Å². The Hall–Kier alpha value is -0.600. The monoisotopic (exact) mass is 188 g/mol. The van der Waals surface area contributed by atoms with E-state index in [1.165, 1.54) is 12.1 Å². The summed E-state index contributed by atoms with van der Waals surface area (Å²) in [7, 11) is 0. The molecule has 1 nitrogen and oxygen atoms in total. The zero-order valence-corrected chi connectivity index (χ0v) is 7.48. The van der Waals surface area contributed by atoms with Crippen molar-refractivity contribution in [3.63, 3.8) is 0 Å². The first kappa shape index (κ1) is 9.49. The van der Waals surface area contributed by atoms with E-state index in [2.05, 4.69) is 0 Å². The van der Waals surface area contributed by atoms with E-state index in [-0.39, 0.29) is 5.82 Å². The van der Waals surface area contributed by atoms with Crippen molar-refractivity contribution in [2.45, 2.75) is 19.4 Å². The molecule has 0 spiro atoms. The van der Waals surface area contributed by atoms with Crippen LogP contribution < -0.4 is 0 Å². The fraction of sp³-hybridized carbons (Fsp3) is 0.333. The van der Waals surface area contributed by atoms with Crippen molar-refractivity contribution >= 4 is 11.6 Å². The molecule has 12 heavy (non-hydrogen) atoms. The fourth-order valence-electron chi connectivity index (χ4n) is 1.07. The molecule has 0 amide bonds. The normalized spacial score (nSPS) is 13.0. The van der Waals surface area contributed by atoms with E-state index in [1.54, 1.807) is 13.0 Å². The van der Waals surface area contributed by atoms with Crippen LogP contribution in [0.25, 0.3) is 0 Å². The first-order chi connectivity index (χ1) is 5.58. The fourth-order valence-corrected chi connectivity index (χ4v) is 1.31. The average Bonchev–Trinajstić information content (AvgIpc) is 1.81. The Bertz CT molecular complexity index is 253. The van der Waals surface area contributed by atoms with Crippen molar-refractivity contribution in [1.82, 2.24) is 0 Å². The molecule has 1 aromatic carbocycles. The van der Waals surface area contributed by atoms with Gasteiger partial charge in [0.2, 0.25) is 0 Å². The first-order valence-corrected chi connectivity index (χ1v) is 4.09. The Kier molecular flexibility index (Phi) is 3.06. The molecule has 0 fully saturated rings. The van der Waals surface area contributed by atoms with Crippen LogP contribution in [0.1, 0.15) is 12.5 Å². The molecule has 66 valence electrons. The number of benzene rings is 1. The van der Waals surface area contributed by atoms with Crippen LogP contribution in [0.4, 0.5) is 4.39 Å². The van der Waals surface area contributed by atoms with Gasteiger partial charge in [0.05, 0.1) is 6.10 Å². The molecule has 0 aliphatic carbocycles. The lowest BCUT2D eigenvalue weighted by molar-refractivity contribution is 0.195. The highest BCUT2D eigenvalue weighted by molar-refractivity contribution is 6.30. The molecule has 0 radical (unpaired) electrons. The van der Waals surface area contributed by atoms with Gasteiger partial charge in [0.15, 0.2) is 0 Å². The third kappa shape index (κ3) is 2.80. The molecule has 3 heteroatoms. The van der Waals surface area contributed by atoms with Gasteiger partial charge in [-0.05, 0) is 37.1 Å². The SMILES string of the molecule is CC(O)Cc1cc(F)cc(Cl)c1. The van der Waals surface area contributed by atoms with E-state index in [0.717, 1.165) is 5.56 Å². The van der Waals surface area contributed by atoms with Gasteiger partial charge in [0.25, 0.3) is 0 Å². The molecular formula is C9H10ClFO. The predicted molar refractivity (Wildman–Crippen MR) is 46.8 cm³/mol. The number of rotatable bonds is 2. The number of hydrogen-bond donors (Lipinski definition) is 1. The van der Waals surface area contributed by atoms with Crippen LogP contribution in [0.15, 0.2) is 18.2 Å². The molecule has 1 unspecified atom stereocenters. The van der Waals surface area contributed by atoms with E-state index >= 15 is 0 Å². The Labute approximate surface area is 75.8 Å². The van der Waals surface area contributed by atoms with E-state index in [1.807, 2.05) is 0 Å². The highest BCUT2D eigenvalue weighted by Crippen LogP contribution is 2.15. The maximum absolute atomic E-state index is 12.7. The third-order valence-electron chi connectivity index (χ3n) is 1.45. The molecular weight excluding hydrogens is 179 g/mol. The van der Waals surface area contributed by atoms with Crippen LogP contribution in [0.2, 0.25) is 5.02 Å². The highest BCUT2D eigenvalue weighted by atomic mass is 35.5. The van der Waals surface area contributed by atoms with Crippen LogP contribution in [0.5, 0.6) is 0 Å². The van der Waals surface area contributed by atoms with E-state index in [4.69, 9.17) is 16.7 Å². The minimum Gasteiger partial charge on any atom is -0.393 e. The molecule has 1 atom stereocenters. The average molecular weight is 189 g/mol. The molecule has 1 rings (SSSR count). The molecule has 0 saturated carbocycles. The van der Waals surface area contributed by atoms with Crippen molar-refractivity contribution in [3.8, 4) is 0 Å². The van der Waals surface area contributed by atoms with Gasteiger partial charge in [-0.3, -0.25) is 0 Å². The predicted octanol–water partition coefficient (Wildman–Crippen LogP) is 2.40. The molecule has 0 aliphatic rings. The molecule has 0 aliphatic heterocycles. The Morgan fingerprint density at radius 1 is 1.50 bits per heavy atom. The van der Waals surface area contributed by atoms with E-state index < -0.39 is 6.10 Å². The zero-order valence-electron chi connectivity index (χ0n) is 6.72. The van der Waals surface area contributed by atoms with E-state index in [9.17, 15) is 4.39 Å². The van der Waals surface area contributed by atoms with Gasteiger partial charge < -0.3 is 5.11 Å². The number of aliphatic hydroxyl groups excluding tert-OH is 1. The standard InChI is InChI=1S/C9H10ClFO/c1-6(12)2-7-3-8(10)5-9(11)4-7/h3-6,12H,2H2,1H3. The van der Waals surface area contributed by atoms with Gasteiger partial charge in [-0.1, -0.05) is 11.6 Å². The second-order valence-corrected chi connectivity index (χ2v) is 3.27. The maximum Gasteiger partial charge on any atom is 0.124 e. The summed E-state index contributed by atoms with van der Waals surface area (Å²) in [6, 6.07) is 4.27. The number of aliphatic hydroxyl groups is 1. The van der Waals surface area contributed by atoms with Gasteiger partial charge in [-0.25, -0.2) is 4.39 Å². The number of hydrogen-bond acceptors (Lipinski definition) is 1. The Morgan fingerprint density at radius 3 is 2.67 bits per heavy atom. The van der Waals surface area contributed by atoms with Crippen LogP contribution in [0, 0.1) is 5.82 Å². The molecule has 1 aromatic rings. The van der Waals surface area contributed by atoms with Crippen LogP contribution in [0.3, 0.4) is 0 Å². The summed E-state index contributed by atoms with van der Waals surface area (Å²) >= 11 is 5.61. The second kappa shape index (κ2) is 3.87. The summed E-state index contributed by atoms with van der Waals surface area (Å²) in [4.78, 5) is 0. The molecule has 0 bridgehead atoms. The van der Waals surface area contributed by atoms with Crippen LogP contribution in [-0.2, 0) is 6.42 Å². The summed E-state index contributed by atoms with van der Waals surface area (Å²) in [5.74, 6) is -0.363. The smallest absolute Gasteiger partial charge is 0.124 e. The van der Waals surface area contributed by atoms with Gasteiger partial charge in [-0.2, -0.15) is 0 Å². The summed E-state index contributed by atoms with van der Waals surface area (Å²) < 4.78 is 12.7. The largest absolute Gasteiger partial charge is 0.393 e. The minimum absolute atomic E-state index is 0.363. The van der Waals surface area contributed by atoms with Crippen molar-refractivity contribution in [2.24, 2.45) is 0 Å². The Morgan fingerprint density at radius 2 is 2.17 bits per heavy atom. The lowest BCUT2D eigenvalue weighted by Crippen LogP contribution is -2.04. The first-order valence-electron chi connectivity index (χ1n) is 3.71. The van der Waals surface area contributed by atoms with Crippen LogP contribution >= 0.6 is 11.6 Å². The van der Waals surface area contributed by atoms with Crippen LogP contribution in [-0.4, -0.2) is 11.2 Å². The zero-order chi connectivity index (χ0) is 9.14. The lowest BCUT2D eigenvalue weighted by atomic mass is 10.1. The minimum atomic E-state index is -0.470. The van der Waals surface area contributed by atoms with Gasteiger partial charge >= 0.3 is 0 Å². The van der Waals surface area contributed by atoms with Crippen molar-refractivity contribution in [3.05, 3.63) is 34.6 Å². The molecule has 0 heterocycles. The quantitative estimate of drug-likeness (QED) is 0.756. The molecule has 0 aromatic heterocycles. The summed E-state index contributed by atoms with van der Waals surface area (Å²) in [5.41, 5.74) is 0.718.